The Bertz CT molecular complexity index is 884. The van der Waals surface area contributed by atoms with Gasteiger partial charge in [0.1, 0.15) is 4.32 Å². The van der Waals surface area contributed by atoms with E-state index < -0.39 is 0 Å². The number of hydrogen-bond donors (Lipinski definition) is 0. The predicted molar refractivity (Wildman–Crippen MR) is 124 cm³/mol. The van der Waals surface area contributed by atoms with Crippen molar-refractivity contribution < 1.29 is 23.8 Å². The molecule has 3 rings (SSSR count). The molecule has 2 aliphatic heterocycles. The van der Waals surface area contributed by atoms with Crippen LogP contribution in [0.1, 0.15) is 19.4 Å². The Kier molecular flexibility index (Phi) is 7.78. The number of carbonyl (C=O) groups excluding carboxylic acids is 2. The number of ether oxygens (including phenoxy) is 3. The van der Waals surface area contributed by atoms with Crippen LogP contribution in [0.3, 0.4) is 0 Å². The van der Waals surface area contributed by atoms with Crippen molar-refractivity contribution >= 4 is 62.1 Å². The van der Waals surface area contributed by atoms with Gasteiger partial charge in [0, 0.05) is 19.1 Å². The maximum atomic E-state index is 12.6. The fourth-order valence-electron chi connectivity index (χ4n) is 3.08. The Balaban J connectivity index is 1.76. The Morgan fingerprint density at radius 1 is 1.37 bits per heavy atom. The molecular formula is C20H23BrN2O5S2. The lowest BCUT2D eigenvalue weighted by molar-refractivity contribution is -0.137. The first kappa shape index (κ1) is 23.1. The fraction of sp³-hybridized carbons (Fsp3) is 0.450. The van der Waals surface area contributed by atoms with E-state index in [1.807, 2.05) is 19.9 Å². The standard InChI is InChI=1S/C20H23BrN2O5S2/c1-12(2)23-19(25)16(30-20(23)29)10-13-8-14(21)18(15(9-13)26-3)28-11-17(24)22-4-6-27-7-5-22/h8-10,12H,4-7,11H2,1-3H3/b16-10-. The van der Waals surface area contributed by atoms with E-state index in [0.29, 0.717) is 51.5 Å². The number of methoxy groups -OCH3 is 1. The minimum atomic E-state index is -0.105. The van der Waals surface area contributed by atoms with E-state index in [4.69, 9.17) is 26.4 Å². The van der Waals surface area contributed by atoms with Crippen molar-refractivity contribution in [3.8, 4) is 11.5 Å². The molecule has 0 aromatic heterocycles. The van der Waals surface area contributed by atoms with Crippen LogP contribution in [0.25, 0.3) is 6.08 Å². The molecule has 0 unspecified atom stereocenters. The molecule has 0 N–H and O–H groups in total. The molecule has 2 aliphatic rings. The molecular weight excluding hydrogens is 492 g/mol. The SMILES string of the molecule is COc1cc(/C=C2\SC(=S)N(C(C)C)C2=O)cc(Br)c1OCC(=O)N1CCOCC1. The molecule has 0 spiro atoms. The van der Waals surface area contributed by atoms with E-state index in [1.165, 1.54) is 18.9 Å². The van der Waals surface area contributed by atoms with Crippen LogP contribution in [-0.4, -0.2) is 72.0 Å². The van der Waals surface area contributed by atoms with Crippen LogP contribution in [0.5, 0.6) is 11.5 Å². The van der Waals surface area contributed by atoms with Crippen LogP contribution in [-0.2, 0) is 14.3 Å². The van der Waals surface area contributed by atoms with Gasteiger partial charge in [0.15, 0.2) is 18.1 Å². The van der Waals surface area contributed by atoms with E-state index in [2.05, 4.69) is 15.9 Å². The molecule has 30 heavy (non-hydrogen) atoms. The summed E-state index contributed by atoms with van der Waals surface area (Å²) < 4.78 is 17.7. The highest BCUT2D eigenvalue weighted by Crippen LogP contribution is 2.39. The summed E-state index contributed by atoms with van der Waals surface area (Å²) in [7, 11) is 1.53. The van der Waals surface area contributed by atoms with Crippen LogP contribution < -0.4 is 9.47 Å². The van der Waals surface area contributed by atoms with Gasteiger partial charge in [0.25, 0.3) is 11.8 Å². The Labute approximate surface area is 193 Å². The van der Waals surface area contributed by atoms with Gasteiger partial charge in [0.2, 0.25) is 0 Å². The Morgan fingerprint density at radius 2 is 2.07 bits per heavy atom. The molecule has 10 heteroatoms. The Morgan fingerprint density at radius 3 is 2.67 bits per heavy atom. The number of benzene rings is 1. The second-order valence-electron chi connectivity index (χ2n) is 6.96. The molecule has 1 aromatic carbocycles. The largest absolute Gasteiger partial charge is 0.493 e. The van der Waals surface area contributed by atoms with Gasteiger partial charge in [-0.15, -0.1) is 0 Å². The molecule has 7 nitrogen and oxygen atoms in total. The van der Waals surface area contributed by atoms with Gasteiger partial charge in [-0.2, -0.15) is 0 Å². The second-order valence-corrected chi connectivity index (χ2v) is 9.49. The highest BCUT2D eigenvalue weighted by molar-refractivity contribution is 9.10. The third-order valence-corrected chi connectivity index (χ3v) is 6.51. The lowest BCUT2D eigenvalue weighted by Crippen LogP contribution is -2.43. The van der Waals surface area contributed by atoms with Crippen molar-refractivity contribution in [3.05, 3.63) is 27.1 Å². The van der Waals surface area contributed by atoms with E-state index in [1.54, 1.807) is 21.9 Å². The quantitative estimate of drug-likeness (QED) is 0.426. The first-order chi connectivity index (χ1) is 14.3. The highest BCUT2D eigenvalue weighted by atomic mass is 79.9. The maximum absolute atomic E-state index is 12.6. The lowest BCUT2D eigenvalue weighted by Gasteiger charge is -2.27. The minimum Gasteiger partial charge on any atom is -0.493 e. The van der Waals surface area contributed by atoms with Crippen LogP contribution in [0.15, 0.2) is 21.5 Å². The van der Waals surface area contributed by atoms with Crippen molar-refractivity contribution in [3.63, 3.8) is 0 Å². The lowest BCUT2D eigenvalue weighted by atomic mass is 10.1. The summed E-state index contributed by atoms with van der Waals surface area (Å²) in [6, 6.07) is 3.59. The van der Waals surface area contributed by atoms with Crippen molar-refractivity contribution in [2.24, 2.45) is 0 Å². The molecule has 0 atom stereocenters. The summed E-state index contributed by atoms with van der Waals surface area (Å²) in [4.78, 5) is 28.9. The monoisotopic (exact) mass is 514 g/mol. The number of thioether (sulfide) groups is 1. The smallest absolute Gasteiger partial charge is 0.266 e. The molecule has 2 heterocycles. The van der Waals surface area contributed by atoms with Gasteiger partial charge in [-0.05, 0) is 53.5 Å². The van der Waals surface area contributed by atoms with Gasteiger partial charge in [-0.3, -0.25) is 14.5 Å². The van der Waals surface area contributed by atoms with Crippen LogP contribution >= 0.6 is 39.9 Å². The van der Waals surface area contributed by atoms with Crippen LogP contribution in [0.4, 0.5) is 0 Å². The van der Waals surface area contributed by atoms with Crippen molar-refractivity contribution in [1.29, 1.82) is 0 Å². The molecule has 2 saturated heterocycles. The fourth-order valence-corrected chi connectivity index (χ4v) is 5.18. The van der Waals surface area contributed by atoms with Crippen LogP contribution in [0.2, 0.25) is 0 Å². The third-order valence-electron chi connectivity index (χ3n) is 4.59. The summed E-state index contributed by atoms with van der Waals surface area (Å²) in [5.41, 5.74) is 0.759. The molecule has 0 radical (unpaired) electrons. The number of thiocarbonyl (C=S) groups is 1. The topological polar surface area (TPSA) is 68.3 Å². The molecule has 0 bridgehead atoms. The van der Waals surface area contributed by atoms with Crippen molar-refractivity contribution in [2.45, 2.75) is 19.9 Å². The molecule has 0 saturated carbocycles. The van der Waals surface area contributed by atoms with Crippen molar-refractivity contribution in [1.82, 2.24) is 9.80 Å². The first-order valence-corrected chi connectivity index (χ1v) is 11.5. The summed E-state index contributed by atoms with van der Waals surface area (Å²) in [5.74, 6) is 0.691. The number of carbonyl (C=O) groups is 2. The van der Waals surface area contributed by atoms with E-state index in [-0.39, 0.29) is 24.5 Å². The van der Waals surface area contributed by atoms with E-state index >= 15 is 0 Å². The third kappa shape index (κ3) is 5.16. The van der Waals surface area contributed by atoms with Gasteiger partial charge in [-0.25, -0.2) is 0 Å². The first-order valence-electron chi connectivity index (χ1n) is 9.44. The van der Waals surface area contributed by atoms with Gasteiger partial charge in [-0.1, -0.05) is 24.0 Å². The number of morpholine rings is 1. The van der Waals surface area contributed by atoms with Gasteiger partial charge in [0.05, 0.1) is 29.7 Å². The summed E-state index contributed by atoms with van der Waals surface area (Å²) in [5, 5.41) is 0. The number of halogens is 1. The molecule has 2 amide bonds. The minimum absolute atomic E-state index is 0.00412. The molecule has 0 aliphatic carbocycles. The average Bonchev–Trinajstić information content (AvgIpc) is 3.00. The number of hydrogen-bond acceptors (Lipinski definition) is 7. The number of rotatable bonds is 6. The summed E-state index contributed by atoms with van der Waals surface area (Å²) >= 11 is 10.1. The van der Waals surface area contributed by atoms with E-state index in [0.717, 1.165) is 5.56 Å². The molecule has 162 valence electrons. The summed E-state index contributed by atoms with van der Waals surface area (Å²) in [6.45, 7) is 5.96. The normalized spacial score (nSPS) is 18.5. The highest BCUT2D eigenvalue weighted by Gasteiger charge is 2.33. The molecule has 1 aromatic rings. The van der Waals surface area contributed by atoms with E-state index in [9.17, 15) is 9.59 Å². The Hall–Kier alpha value is -1.62. The second kappa shape index (κ2) is 10.1. The number of nitrogens with zero attached hydrogens (tertiary/aromatic N) is 2. The van der Waals surface area contributed by atoms with Gasteiger partial charge < -0.3 is 19.1 Å². The zero-order valence-electron chi connectivity index (χ0n) is 17.0. The van der Waals surface area contributed by atoms with Crippen LogP contribution in [0, 0.1) is 0 Å². The van der Waals surface area contributed by atoms with Crippen molar-refractivity contribution in [2.75, 3.05) is 40.0 Å². The summed E-state index contributed by atoms with van der Waals surface area (Å²) in [6.07, 6.45) is 1.78. The number of amides is 2. The zero-order chi connectivity index (χ0) is 21.8. The van der Waals surface area contributed by atoms with Gasteiger partial charge >= 0.3 is 0 Å². The maximum Gasteiger partial charge on any atom is 0.266 e. The zero-order valence-corrected chi connectivity index (χ0v) is 20.2. The molecule has 2 fully saturated rings. The average molecular weight is 515 g/mol. The predicted octanol–water partition coefficient (Wildman–Crippen LogP) is 3.30.